The maximum absolute atomic E-state index is 13.4. The normalized spacial score (nSPS) is 18.1. The lowest BCUT2D eigenvalue weighted by Crippen LogP contribution is -2.45. The Kier molecular flexibility index (Phi) is 6.37. The van der Waals surface area contributed by atoms with Gasteiger partial charge in [0.25, 0.3) is 0 Å². The van der Waals surface area contributed by atoms with Gasteiger partial charge in [0.2, 0.25) is 0 Å². The van der Waals surface area contributed by atoms with Crippen LogP contribution in [0.4, 0.5) is 22.0 Å². The van der Waals surface area contributed by atoms with Gasteiger partial charge in [0, 0.05) is 26.2 Å². The highest BCUT2D eigenvalue weighted by Gasteiger charge is 2.33. The zero-order valence-corrected chi connectivity index (χ0v) is 11.9. The number of hydrogen-bond donors (Lipinski definition) is 1. The monoisotopic (exact) mass is 330 g/mol. The SMILES string of the molecule is Cl.FC[C@H](c1cc(F)cc(C(F)(F)F)c1)N1CCNCC1. The molecule has 8 heteroatoms. The molecule has 1 aromatic carbocycles. The smallest absolute Gasteiger partial charge is 0.314 e. The highest BCUT2D eigenvalue weighted by Crippen LogP contribution is 2.33. The minimum Gasteiger partial charge on any atom is -0.314 e. The van der Waals surface area contributed by atoms with Crippen molar-refractivity contribution in [1.82, 2.24) is 10.2 Å². The first-order chi connectivity index (χ1) is 9.41. The van der Waals surface area contributed by atoms with E-state index in [4.69, 9.17) is 0 Å². The molecular weight excluding hydrogens is 315 g/mol. The zero-order valence-electron chi connectivity index (χ0n) is 11.1. The van der Waals surface area contributed by atoms with Crippen molar-refractivity contribution in [3.63, 3.8) is 0 Å². The summed E-state index contributed by atoms with van der Waals surface area (Å²) in [6.07, 6.45) is -4.64. The Morgan fingerprint density at radius 2 is 1.76 bits per heavy atom. The largest absolute Gasteiger partial charge is 0.416 e. The lowest BCUT2D eigenvalue weighted by atomic mass is 10.0. The Balaban J connectivity index is 0.00000220. The summed E-state index contributed by atoms with van der Waals surface area (Å²) in [5.74, 6) is -0.997. The van der Waals surface area contributed by atoms with Crippen molar-refractivity contribution >= 4 is 12.4 Å². The van der Waals surface area contributed by atoms with E-state index in [0.29, 0.717) is 32.2 Å². The second-order valence-corrected chi connectivity index (χ2v) is 4.73. The van der Waals surface area contributed by atoms with Gasteiger partial charge in [-0.3, -0.25) is 4.90 Å². The predicted molar refractivity (Wildman–Crippen MR) is 71.8 cm³/mol. The van der Waals surface area contributed by atoms with Crippen LogP contribution in [0.25, 0.3) is 0 Å². The summed E-state index contributed by atoms with van der Waals surface area (Å²) in [7, 11) is 0. The minimum absolute atomic E-state index is 0. The Bertz CT molecular complexity index is 460. The molecule has 1 aromatic rings. The fraction of sp³-hybridized carbons (Fsp3) is 0.538. The molecule has 0 unspecified atom stereocenters. The van der Waals surface area contributed by atoms with Crippen molar-refractivity contribution in [3.8, 4) is 0 Å². The summed E-state index contributed by atoms with van der Waals surface area (Å²) in [6.45, 7) is 1.47. The molecule has 1 saturated heterocycles. The van der Waals surface area contributed by atoms with E-state index in [-0.39, 0.29) is 18.0 Å². The molecule has 0 radical (unpaired) electrons. The standard InChI is InChI=1S/C13H15F5N2.ClH/c14-8-12(20-3-1-19-2-4-20)9-5-10(13(16,17)18)7-11(15)6-9;/h5-7,12,19H,1-4,8H2;1H/t12-;/m1./s1. The molecule has 2 nitrogen and oxygen atoms in total. The van der Waals surface area contributed by atoms with Crippen LogP contribution in [0.2, 0.25) is 0 Å². The Hall–Kier alpha value is -0.920. The number of benzene rings is 1. The van der Waals surface area contributed by atoms with Crippen LogP contribution >= 0.6 is 12.4 Å². The highest BCUT2D eigenvalue weighted by atomic mass is 35.5. The molecule has 1 aliphatic heterocycles. The Morgan fingerprint density at radius 1 is 1.14 bits per heavy atom. The molecule has 120 valence electrons. The molecule has 1 aliphatic rings. The van der Waals surface area contributed by atoms with Crippen molar-refractivity contribution in [3.05, 3.63) is 35.1 Å². The van der Waals surface area contributed by atoms with Gasteiger partial charge in [-0.1, -0.05) is 0 Å². The van der Waals surface area contributed by atoms with Crippen LogP contribution in [0.1, 0.15) is 17.2 Å². The summed E-state index contributed by atoms with van der Waals surface area (Å²) in [5.41, 5.74) is -1.05. The summed E-state index contributed by atoms with van der Waals surface area (Å²) >= 11 is 0. The first-order valence-corrected chi connectivity index (χ1v) is 6.30. The summed E-state index contributed by atoms with van der Waals surface area (Å²) in [5, 5.41) is 3.07. The molecule has 2 rings (SSSR count). The van der Waals surface area contributed by atoms with Crippen LogP contribution in [0, 0.1) is 5.82 Å². The molecule has 0 spiro atoms. The van der Waals surface area contributed by atoms with Crippen molar-refractivity contribution < 1.29 is 22.0 Å². The van der Waals surface area contributed by atoms with Gasteiger partial charge in [0.15, 0.2) is 0 Å². The number of halogens is 6. The third kappa shape index (κ3) is 4.52. The van der Waals surface area contributed by atoms with Gasteiger partial charge in [-0.2, -0.15) is 13.2 Å². The van der Waals surface area contributed by atoms with Crippen LogP contribution in [-0.4, -0.2) is 37.8 Å². The summed E-state index contributed by atoms with van der Waals surface area (Å²) in [4.78, 5) is 1.73. The van der Waals surface area contributed by atoms with E-state index in [1.807, 2.05) is 0 Å². The summed E-state index contributed by atoms with van der Waals surface area (Å²) in [6, 6.07) is 1.39. The van der Waals surface area contributed by atoms with E-state index < -0.39 is 30.3 Å². The molecular formula is C13H16ClF5N2. The zero-order chi connectivity index (χ0) is 14.8. The first kappa shape index (κ1) is 18.1. The minimum atomic E-state index is -4.64. The average molecular weight is 331 g/mol. The number of rotatable bonds is 3. The van der Waals surface area contributed by atoms with E-state index in [1.165, 1.54) is 0 Å². The van der Waals surface area contributed by atoms with Crippen LogP contribution in [0.5, 0.6) is 0 Å². The second kappa shape index (κ2) is 7.38. The van der Waals surface area contributed by atoms with E-state index in [0.717, 1.165) is 12.1 Å². The predicted octanol–water partition coefficient (Wildman–Crippen LogP) is 3.18. The molecule has 1 N–H and O–H groups in total. The van der Waals surface area contributed by atoms with Crippen LogP contribution < -0.4 is 5.32 Å². The van der Waals surface area contributed by atoms with E-state index in [2.05, 4.69) is 5.32 Å². The van der Waals surface area contributed by atoms with Crippen LogP contribution in [0.3, 0.4) is 0 Å². The van der Waals surface area contributed by atoms with Crippen molar-refractivity contribution in [1.29, 1.82) is 0 Å². The maximum atomic E-state index is 13.4. The van der Waals surface area contributed by atoms with Gasteiger partial charge in [-0.15, -0.1) is 12.4 Å². The number of hydrogen-bond acceptors (Lipinski definition) is 2. The average Bonchev–Trinajstić information content (AvgIpc) is 2.39. The van der Waals surface area contributed by atoms with Gasteiger partial charge in [-0.25, -0.2) is 8.78 Å². The van der Waals surface area contributed by atoms with Gasteiger partial charge in [0.05, 0.1) is 11.6 Å². The van der Waals surface area contributed by atoms with E-state index in [1.54, 1.807) is 4.90 Å². The third-order valence-corrected chi connectivity index (χ3v) is 3.37. The molecule has 1 fully saturated rings. The van der Waals surface area contributed by atoms with E-state index in [9.17, 15) is 22.0 Å². The number of nitrogens with one attached hydrogen (secondary N) is 1. The molecule has 0 bridgehead atoms. The van der Waals surface area contributed by atoms with Crippen molar-refractivity contribution in [2.75, 3.05) is 32.9 Å². The molecule has 0 aromatic heterocycles. The molecule has 21 heavy (non-hydrogen) atoms. The van der Waals surface area contributed by atoms with Gasteiger partial charge >= 0.3 is 6.18 Å². The maximum Gasteiger partial charge on any atom is 0.416 e. The van der Waals surface area contributed by atoms with Crippen molar-refractivity contribution in [2.24, 2.45) is 0 Å². The van der Waals surface area contributed by atoms with Crippen LogP contribution in [0.15, 0.2) is 18.2 Å². The molecule has 1 heterocycles. The number of piperazine rings is 1. The fourth-order valence-corrected chi connectivity index (χ4v) is 2.36. The number of nitrogens with zero attached hydrogens (tertiary/aromatic N) is 1. The van der Waals surface area contributed by atoms with Crippen LogP contribution in [-0.2, 0) is 6.18 Å². The lowest BCUT2D eigenvalue weighted by molar-refractivity contribution is -0.137. The fourth-order valence-electron chi connectivity index (χ4n) is 2.36. The molecule has 0 aliphatic carbocycles. The topological polar surface area (TPSA) is 15.3 Å². The summed E-state index contributed by atoms with van der Waals surface area (Å²) < 4.78 is 64.6. The third-order valence-electron chi connectivity index (χ3n) is 3.37. The highest BCUT2D eigenvalue weighted by molar-refractivity contribution is 5.85. The quantitative estimate of drug-likeness (QED) is 0.856. The van der Waals surface area contributed by atoms with Gasteiger partial charge in [-0.05, 0) is 23.8 Å². The second-order valence-electron chi connectivity index (χ2n) is 4.73. The first-order valence-electron chi connectivity index (χ1n) is 6.30. The Morgan fingerprint density at radius 3 is 2.29 bits per heavy atom. The molecule has 0 saturated carbocycles. The lowest BCUT2D eigenvalue weighted by Gasteiger charge is -2.33. The number of alkyl halides is 4. The van der Waals surface area contributed by atoms with E-state index >= 15 is 0 Å². The van der Waals surface area contributed by atoms with Gasteiger partial charge < -0.3 is 5.32 Å². The van der Waals surface area contributed by atoms with Gasteiger partial charge in [0.1, 0.15) is 12.5 Å². The molecule has 1 atom stereocenters. The Labute approximate surface area is 125 Å². The molecule has 0 amide bonds. The van der Waals surface area contributed by atoms with Crippen molar-refractivity contribution in [2.45, 2.75) is 12.2 Å².